The van der Waals surface area contributed by atoms with E-state index in [1.807, 2.05) is 24.0 Å². The molecule has 0 bridgehead atoms. The van der Waals surface area contributed by atoms with Gasteiger partial charge in [-0.15, -0.1) is 0 Å². The van der Waals surface area contributed by atoms with Crippen molar-refractivity contribution in [3.8, 4) is 6.07 Å². The number of nitriles is 1. The lowest BCUT2D eigenvalue weighted by Gasteiger charge is -2.30. The molecule has 0 heterocycles. The van der Waals surface area contributed by atoms with E-state index in [-0.39, 0.29) is 11.9 Å². The van der Waals surface area contributed by atoms with Gasteiger partial charge in [0.15, 0.2) is 0 Å². The van der Waals surface area contributed by atoms with E-state index < -0.39 is 0 Å². The van der Waals surface area contributed by atoms with Crippen LogP contribution in [0.3, 0.4) is 0 Å². The average molecular weight is 244 g/mol. The highest BCUT2D eigenvalue weighted by atomic mass is 16.2. The van der Waals surface area contributed by atoms with Crippen LogP contribution in [0.2, 0.25) is 0 Å². The molecule has 0 fully saturated rings. The minimum absolute atomic E-state index is 0.110. The Labute approximate surface area is 109 Å². The predicted molar refractivity (Wildman–Crippen MR) is 73.3 cm³/mol. The maximum absolute atomic E-state index is 12.1. The average Bonchev–Trinajstić information content (AvgIpc) is 2.43. The van der Waals surface area contributed by atoms with E-state index in [2.05, 4.69) is 19.9 Å². The second-order valence-electron chi connectivity index (χ2n) is 4.25. The van der Waals surface area contributed by atoms with Crippen LogP contribution in [0.4, 0.5) is 5.69 Å². The van der Waals surface area contributed by atoms with Crippen LogP contribution >= 0.6 is 0 Å². The first kappa shape index (κ1) is 14.2. The summed E-state index contributed by atoms with van der Waals surface area (Å²) in [5, 5.41) is 8.94. The zero-order valence-corrected chi connectivity index (χ0v) is 11.3. The molecular weight excluding hydrogens is 224 g/mol. The van der Waals surface area contributed by atoms with E-state index >= 15 is 0 Å². The van der Waals surface area contributed by atoms with Gasteiger partial charge in [-0.1, -0.05) is 26.8 Å². The lowest BCUT2D eigenvalue weighted by atomic mass is 10.1. The molecule has 3 heteroatoms. The van der Waals surface area contributed by atoms with E-state index in [0.29, 0.717) is 12.0 Å². The zero-order chi connectivity index (χ0) is 13.5. The molecule has 1 amide bonds. The second kappa shape index (κ2) is 6.80. The monoisotopic (exact) mass is 244 g/mol. The number of anilines is 1. The van der Waals surface area contributed by atoms with Gasteiger partial charge in [0.1, 0.15) is 0 Å². The predicted octanol–water partition coefficient (Wildman–Crippen LogP) is 3.49. The lowest BCUT2D eigenvalue weighted by Crippen LogP contribution is -2.39. The summed E-state index contributed by atoms with van der Waals surface area (Å²) in [5.74, 6) is 0.110. The Hall–Kier alpha value is -1.82. The Morgan fingerprint density at radius 2 is 2.00 bits per heavy atom. The van der Waals surface area contributed by atoms with Crippen LogP contribution in [0.5, 0.6) is 0 Å². The van der Waals surface area contributed by atoms with Gasteiger partial charge in [-0.25, -0.2) is 0 Å². The molecule has 96 valence electrons. The largest absolute Gasteiger partial charge is 0.309 e. The topological polar surface area (TPSA) is 44.1 Å². The van der Waals surface area contributed by atoms with Gasteiger partial charge in [0.25, 0.3) is 0 Å². The Morgan fingerprint density at radius 3 is 2.50 bits per heavy atom. The highest BCUT2D eigenvalue weighted by molar-refractivity contribution is 5.93. The summed E-state index contributed by atoms with van der Waals surface area (Å²) in [5.41, 5.74) is 1.42. The van der Waals surface area contributed by atoms with Gasteiger partial charge in [-0.2, -0.15) is 5.26 Å². The van der Waals surface area contributed by atoms with Crippen LogP contribution < -0.4 is 4.90 Å². The van der Waals surface area contributed by atoms with Crippen molar-refractivity contribution >= 4 is 11.6 Å². The van der Waals surface area contributed by atoms with Crippen LogP contribution in [0.15, 0.2) is 24.3 Å². The first-order valence-corrected chi connectivity index (χ1v) is 6.50. The van der Waals surface area contributed by atoms with Gasteiger partial charge in [0.05, 0.1) is 11.6 Å². The Balaban J connectivity index is 3.17. The fourth-order valence-corrected chi connectivity index (χ4v) is 2.11. The summed E-state index contributed by atoms with van der Waals surface area (Å²) >= 11 is 0. The molecule has 0 atom stereocenters. The van der Waals surface area contributed by atoms with Crippen LogP contribution in [-0.2, 0) is 4.79 Å². The maximum Gasteiger partial charge on any atom is 0.226 e. The molecule has 0 saturated heterocycles. The van der Waals surface area contributed by atoms with Gasteiger partial charge < -0.3 is 4.90 Å². The van der Waals surface area contributed by atoms with E-state index in [1.54, 1.807) is 12.1 Å². The van der Waals surface area contributed by atoms with Gasteiger partial charge in [0.2, 0.25) is 5.91 Å². The first-order valence-electron chi connectivity index (χ1n) is 6.50. The van der Waals surface area contributed by atoms with Crippen LogP contribution in [0.1, 0.15) is 45.6 Å². The molecule has 0 aromatic heterocycles. The summed E-state index contributed by atoms with van der Waals surface area (Å²) in [6.45, 7) is 6.03. The number of hydrogen-bond donors (Lipinski definition) is 0. The number of carbonyl (C=O) groups excluding carboxylic acids is 1. The summed E-state index contributed by atoms with van der Waals surface area (Å²) in [6, 6.07) is 9.58. The number of rotatable bonds is 5. The molecule has 18 heavy (non-hydrogen) atoms. The third-order valence-electron chi connectivity index (χ3n) is 3.13. The molecule has 0 aliphatic carbocycles. The van der Waals surface area contributed by atoms with Crippen molar-refractivity contribution in [2.45, 2.75) is 46.1 Å². The van der Waals surface area contributed by atoms with Crippen molar-refractivity contribution in [1.29, 1.82) is 5.26 Å². The number of carbonyl (C=O) groups is 1. The Bertz CT molecular complexity index is 444. The van der Waals surface area contributed by atoms with E-state index in [9.17, 15) is 4.79 Å². The van der Waals surface area contributed by atoms with Crippen LogP contribution in [0.25, 0.3) is 0 Å². The molecule has 0 N–H and O–H groups in total. The van der Waals surface area contributed by atoms with Gasteiger partial charge in [0, 0.05) is 18.2 Å². The summed E-state index contributed by atoms with van der Waals surface area (Å²) in [7, 11) is 0. The molecule has 3 nitrogen and oxygen atoms in total. The molecule has 0 spiro atoms. The highest BCUT2D eigenvalue weighted by Crippen LogP contribution is 2.22. The van der Waals surface area contributed by atoms with Crippen molar-refractivity contribution < 1.29 is 4.79 Å². The SMILES string of the molecule is CCC(=O)N(c1cccc(C#N)c1)C(CC)CC. The summed E-state index contributed by atoms with van der Waals surface area (Å²) < 4.78 is 0. The highest BCUT2D eigenvalue weighted by Gasteiger charge is 2.21. The molecule has 0 unspecified atom stereocenters. The van der Waals surface area contributed by atoms with Crippen molar-refractivity contribution in [3.63, 3.8) is 0 Å². The number of amides is 1. The lowest BCUT2D eigenvalue weighted by molar-refractivity contribution is -0.118. The zero-order valence-electron chi connectivity index (χ0n) is 11.3. The van der Waals surface area contributed by atoms with E-state index in [0.717, 1.165) is 18.5 Å². The molecule has 0 radical (unpaired) electrons. The Morgan fingerprint density at radius 1 is 1.33 bits per heavy atom. The van der Waals surface area contributed by atoms with Gasteiger partial charge in [-0.05, 0) is 31.0 Å². The standard InChI is InChI=1S/C15H20N2O/c1-4-13(5-2)17(15(18)6-3)14-9-7-8-12(10-14)11-16/h7-10,13H,4-6H2,1-3H3. The minimum atomic E-state index is 0.110. The number of hydrogen-bond acceptors (Lipinski definition) is 2. The minimum Gasteiger partial charge on any atom is -0.309 e. The van der Waals surface area contributed by atoms with Gasteiger partial charge in [-0.3, -0.25) is 4.79 Å². The summed E-state index contributed by atoms with van der Waals surface area (Å²) in [4.78, 5) is 13.9. The van der Waals surface area contributed by atoms with Crippen molar-refractivity contribution in [2.24, 2.45) is 0 Å². The van der Waals surface area contributed by atoms with E-state index in [1.165, 1.54) is 0 Å². The third kappa shape index (κ3) is 3.10. The molecule has 1 aromatic rings. The van der Waals surface area contributed by atoms with Crippen molar-refractivity contribution in [2.75, 3.05) is 4.90 Å². The fourth-order valence-electron chi connectivity index (χ4n) is 2.11. The fraction of sp³-hybridized carbons (Fsp3) is 0.467. The number of benzene rings is 1. The van der Waals surface area contributed by atoms with Crippen molar-refractivity contribution in [3.05, 3.63) is 29.8 Å². The molecule has 0 aliphatic heterocycles. The normalized spacial score (nSPS) is 10.2. The second-order valence-corrected chi connectivity index (χ2v) is 4.25. The quantitative estimate of drug-likeness (QED) is 0.795. The smallest absolute Gasteiger partial charge is 0.226 e. The van der Waals surface area contributed by atoms with Crippen LogP contribution in [0, 0.1) is 11.3 Å². The van der Waals surface area contributed by atoms with E-state index in [4.69, 9.17) is 5.26 Å². The van der Waals surface area contributed by atoms with Crippen LogP contribution in [-0.4, -0.2) is 11.9 Å². The molecule has 0 aliphatic rings. The third-order valence-corrected chi connectivity index (χ3v) is 3.13. The first-order chi connectivity index (χ1) is 8.67. The molecule has 1 aromatic carbocycles. The maximum atomic E-state index is 12.1. The number of nitrogens with zero attached hydrogens (tertiary/aromatic N) is 2. The molecule has 0 saturated carbocycles. The Kier molecular flexibility index (Phi) is 5.38. The molecular formula is C15H20N2O. The summed E-state index contributed by atoms with van der Waals surface area (Å²) in [6.07, 6.45) is 2.31. The van der Waals surface area contributed by atoms with Gasteiger partial charge >= 0.3 is 0 Å². The molecule has 1 rings (SSSR count). The van der Waals surface area contributed by atoms with Crippen molar-refractivity contribution in [1.82, 2.24) is 0 Å².